The molecule has 0 aliphatic heterocycles. The molecule has 1 unspecified atom stereocenters. The number of carboxylic acids is 1. The Labute approximate surface area is 123 Å². The van der Waals surface area contributed by atoms with E-state index in [1.54, 1.807) is 13.0 Å². The van der Waals surface area contributed by atoms with E-state index in [0.29, 0.717) is 18.5 Å². The third kappa shape index (κ3) is 2.66. The first kappa shape index (κ1) is 15.5. The Bertz CT molecular complexity index is 685. The van der Waals surface area contributed by atoms with Crippen LogP contribution in [0.3, 0.4) is 0 Å². The largest absolute Gasteiger partial charge is 0.478 e. The zero-order chi connectivity index (χ0) is 15.7. The Morgan fingerprint density at radius 1 is 1.33 bits per heavy atom. The highest BCUT2D eigenvalue weighted by Crippen LogP contribution is 2.34. The van der Waals surface area contributed by atoms with Crippen molar-refractivity contribution in [2.75, 3.05) is 6.61 Å². The zero-order valence-corrected chi connectivity index (χ0v) is 12.6. The molecule has 114 valence electrons. The van der Waals surface area contributed by atoms with Crippen molar-refractivity contribution in [2.45, 2.75) is 39.8 Å². The predicted octanol–water partition coefficient (Wildman–Crippen LogP) is 2.39. The molecule has 0 bridgehead atoms. The van der Waals surface area contributed by atoms with Crippen LogP contribution in [0.5, 0.6) is 0 Å². The van der Waals surface area contributed by atoms with E-state index < -0.39 is 12.1 Å². The maximum Gasteiger partial charge on any atom is 0.337 e. The number of aryl methyl sites for hydroxylation is 2. The Hall–Kier alpha value is -1.85. The minimum Gasteiger partial charge on any atom is -0.478 e. The first-order valence-corrected chi connectivity index (χ1v) is 7.04. The molecule has 0 saturated heterocycles. The summed E-state index contributed by atoms with van der Waals surface area (Å²) >= 11 is 0. The normalized spacial score (nSPS) is 12.8. The summed E-state index contributed by atoms with van der Waals surface area (Å²) in [7, 11) is 0. The lowest BCUT2D eigenvalue weighted by Crippen LogP contribution is -2.07. The molecule has 0 aliphatic carbocycles. The zero-order valence-electron chi connectivity index (χ0n) is 12.6. The summed E-state index contributed by atoms with van der Waals surface area (Å²) in [6.07, 6.45) is -0.136. The van der Waals surface area contributed by atoms with Crippen molar-refractivity contribution < 1.29 is 20.1 Å². The van der Waals surface area contributed by atoms with Crippen LogP contribution in [0.1, 0.15) is 46.6 Å². The van der Waals surface area contributed by atoms with E-state index in [9.17, 15) is 15.0 Å². The molecule has 0 radical (unpaired) electrons. The lowest BCUT2D eigenvalue weighted by Gasteiger charge is -2.10. The van der Waals surface area contributed by atoms with E-state index in [-0.39, 0.29) is 12.2 Å². The summed E-state index contributed by atoms with van der Waals surface area (Å²) in [6, 6.07) is 3.55. The molecule has 2 aromatic rings. The van der Waals surface area contributed by atoms with Crippen molar-refractivity contribution in [1.29, 1.82) is 0 Å². The van der Waals surface area contributed by atoms with Gasteiger partial charge in [0.25, 0.3) is 0 Å². The number of fused-ring (bicyclic) bond motifs is 1. The fourth-order valence-corrected chi connectivity index (χ4v) is 2.98. The van der Waals surface area contributed by atoms with Crippen LogP contribution < -0.4 is 0 Å². The number of aliphatic hydroxyl groups is 2. The molecular weight excluding hydrogens is 270 g/mol. The second kappa shape index (κ2) is 5.87. The van der Waals surface area contributed by atoms with E-state index >= 15 is 0 Å². The Morgan fingerprint density at radius 2 is 2.00 bits per heavy atom. The van der Waals surface area contributed by atoms with Gasteiger partial charge in [0.2, 0.25) is 0 Å². The van der Waals surface area contributed by atoms with Crippen LogP contribution in [-0.2, 0) is 6.54 Å². The predicted molar refractivity (Wildman–Crippen MR) is 80.7 cm³/mol. The van der Waals surface area contributed by atoms with Crippen LogP contribution in [-0.4, -0.2) is 32.5 Å². The molecule has 1 atom stereocenters. The summed E-state index contributed by atoms with van der Waals surface area (Å²) in [5.41, 5.74) is 3.31. The van der Waals surface area contributed by atoms with Crippen molar-refractivity contribution in [3.8, 4) is 0 Å². The van der Waals surface area contributed by atoms with E-state index in [2.05, 4.69) is 0 Å². The van der Waals surface area contributed by atoms with Crippen LogP contribution in [0.4, 0.5) is 0 Å². The van der Waals surface area contributed by atoms with Gasteiger partial charge in [0.15, 0.2) is 0 Å². The van der Waals surface area contributed by atoms with Gasteiger partial charge in [-0.15, -0.1) is 0 Å². The van der Waals surface area contributed by atoms with Crippen molar-refractivity contribution in [3.63, 3.8) is 0 Å². The third-order valence-electron chi connectivity index (χ3n) is 3.80. The van der Waals surface area contributed by atoms with Gasteiger partial charge in [0.1, 0.15) is 0 Å². The van der Waals surface area contributed by atoms with E-state index in [0.717, 1.165) is 22.2 Å². The number of aliphatic hydroxyl groups excluding tert-OH is 2. The minimum atomic E-state index is -0.983. The number of hydrogen-bond donors (Lipinski definition) is 3. The molecular formula is C16H21NO4. The molecule has 2 rings (SSSR count). The second-order valence-corrected chi connectivity index (χ2v) is 5.42. The topological polar surface area (TPSA) is 82.7 Å². The quantitative estimate of drug-likeness (QED) is 0.790. The number of hydrogen-bond acceptors (Lipinski definition) is 3. The molecule has 5 nitrogen and oxygen atoms in total. The number of rotatable bonds is 5. The van der Waals surface area contributed by atoms with Gasteiger partial charge in [0, 0.05) is 29.8 Å². The first-order chi connectivity index (χ1) is 9.88. The van der Waals surface area contributed by atoms with Crippen molar-refractivity contribution in [1.82, 2.24) is 4.57 Å². The molecule has 0 saturated carbocycles. The summed E-state index contributed by atoms with van der Waals surface area (Å²) in [4.78, 5) is 11.6. The van der Waals surface area contributed by atoms with Crippen LogP contribution in [0.15, 0.2) is 12.1 Å². The Balaban J connectivity index is 2.87. The fourth-order valence-electron chi connectivity index (χ4n) is 2.98. The van der Waals surface area contributed by atoms with Gasteiger partial charge in [-0.05, 0) is 44.9 Å². The number of aromatic nitrogens is 1. The third-order valence-corrected chi connectivity index (χ3v) is 3.80. The highest BCUT2D eigenvalue weighted by molar-refractivity contribution is 6.04. The fraction of sp³-hybridized carbons (Fsp3) is 0.438. The van der Waals surface area contributed by atoms with Crippen LogP contribution >= 0.6 is 0 Å². The van der Waals surface area contributed by atoms with Crippen molar-refractivity contribution >= 4 is 16.9 Å². The number of benzene rings is 1. The highest BCUT2D eigenvalue weighted by atomic mass is 16.4. The van der Waals surface area contributed by atoms with Gasteiger partial charge in [-0.3, -0.25) is 0 Å². The molecule has 3 N–H and O–H groups in total. The minimum absolute atomic E-state index is 0.0391. The molecule has 21 heavy (non-hydrogen) atoms. The molecule has 0 aliphatic rings. The average Bonchev–Trinajstić information content (AvgIpc) is 2.67. The first-order valence-electron chi connectivity index (χ1n) is 7.04. The van der Waals surface area contributed by atoms with Gasteiger partial charge in [-0.2, -0.15) is 0 Å². The van der Waals surface area contributed by atoms with Gasteiger partial charge < -0.3 is 19.9 Å². The standard InChI is InChI=1S/C16H21NO4/c1-9-7-12-14(11(3)19)10(2)17(5-4-6-18)15(12)13(8-9)16(20)21/h7-8,11,18-19H,4-6H2,1-3H3,(H,20,21). The number of nitrogens with zero attached hydrogens (tertiary/aromatic N) is 1. The summed E-state index contributed by atoms with van der Waals surface area (Å²) in [5, 5.41) is 29.3. The maximum atomic E-state index is 11.6. The van der Waals surface area contributed by atoms with Gasteiger partial charge in [-0.1, -0.05) is 0 Å². The average molecular weight is 291 g/mol. The lowest BCUT2D eigenvalue weighted by molar-refractivity contribution is 0.0698. The molecule has 1 aromatic heterocycles. The Morgan fingerprint density at radius 3 is 2.52 bits per heavy atom. The lowest BCUT2D eigenvalue weighted by atomic mass is 10.0. The van der Waals surface area contributed by atoms with Crippen LogP contribution in [0.2, 0.25) is 0 Å². The monoisotopic (exact) mass is 291 g/mol. The molecule has 0 fully saturated rings. The maximum absolute atomic E-state index is 11.6. The SMILES string of the molecule is Cc1cc(C(=O)O)c2c(c1)c(C(C)O)c(C)n2CCCO. The van der Waals surface area contributed by atoms with Crippen molar-refractivity contribution in [2.24, 2.45) is 0 Å². The van der Waals surface area contributed by atoms with Crippen LogP contribution in [0.25, 0.3) is 10.9 Å². The smallest absolute Gasteiger partial charge is 0.337 e. The summed E-state index contributed by atoms with van der Waals surface area (Å²) in [5.74, 6) is -0.983. The number of carbonyl (C=O) groups is 1. The molecule has 1 heterocycles. The van der Waals surface area contributed by atoms with Gasteiger partial charge in [-0.25, -0.2) is 4.79 Å². The van der Waals surface area contributed by atoms with Gasteiger partial charge in [0.05, 0.1) is 17.2 Å². The van der Waals surface area contributed by atoms with E-state index in [1.165, 1.54) is 0 Å². The number of carboxylic acid groups (broad SMARTS) is 1. The molecule has 0 amide bonds. The summed E-state index contributed by atoms with van der Waals surface area (Å²) in [6.45, 7) is 5.96. The van der Waals surface area contributed by atoms with Crippen molar-refractivity contribution in [3.05, 3.63) is 34.5 Å². The Kier molecular flexibility index (Phi) is 4.34. The second-order valence-electron chi connectivity index (χ2n) is 5.42. The summed E-state index contributed by atoms with van der Waals surface area (Å²) < 4.78 is 1.89. The van der Waals surface area contributed by atoms with Crippen LogP contribution in [0, 0.1) is 13.8 Å². The van der Waals surface area contributed by atoms with Gasteiger partial charge >= 0.3 is 5.97 Å². The number of aromatic carboxylic acids is 1. The van der Waals surface area contributed by atoms with E-state index in [4.69, 9.17) is 5.11 Å². The molecule has 5 heteroatoms. The molecule has 1 aromatic carbocycles. The van der Waals surface area contributed by atoms with E-state index in [1.807, 2.05) is 24.5 Å². The highest BCUT2D eigenvalue weighted by Gasteiger charge is 2.22. The molecule has 0 spiro atoms.